The van der Waals surface area contributed by atoms with E-state index in [0.717, 1.165) is 52.7 Å². The lowest BCUT2D eigenvalue weighted by atomic mass is 9.90. The molecule has 1 aromatic carbocycles. The molecule has 2 N–H and O–H groups in total. The summed E-state index contributed by atoms with van der Waals surface area (Å²) in [5, 5.41) is 2.98. The SMILES string of the molecule is Nc1c(C(=O)OCc2ccccc2)sc2nc3c(c(-c4cccs4)c12)CCCC3. The second kappa shape index (κ2) is 7.61. The van der Waals surface area contributed by atoms with Crippen molar-refractivity contribution in [2.24, 2.45) is 0 Å². The maximum Gasteiger partial charge on any atom is 0.350 e. The van der Waals surface area contributed by atoms with Crippen LogP contribution in [0, 0.1) is 0 Å². The number of thiophene rings is 2. The molecule has 0 bridgehead atoms. The van der Waals surface area contributed by atoms with Gasteiger partial charge in [-0.05, 0) is 48.3 Å². The third-order valence-electron chi connectivity index (χ3n) is 5.32. The summed E-state index contributed by atoms with van der Waals surface area (Å²) in [6, 6.07) is 13.8. The minimum absolute atomic E-state index is 0.231. The van der Waals surface area contributed by atoms with Gasteiger partial charge in [-0.15, -0.1) is 22.7 Å². The first-order chi connectivity index (χ1) is 14.2. The predicted molar refractivity (Wildman–Crippen MR) is 120 cm³/mol. The monoisotopic (exact) mass is 420 g/mol. The second-order valence-corrected chi connectivity index (χ2v) is 9.13. The van der Waals surface area contributed by atoms with Gasteiger partial charge in [0.2, 0.25) is 0 Å². The van der Waals surface area contributed by atoms with E-state index < -0.39 is 0 Å². The summed E-state index contributed by atoms with van der Waals surface area (Å²) in [6.07, 6.45) is 4.31. The van der Waals surface area contributed by atoms with Crippen LogP contribution in [0.5, 0.6) is 0 Å². The molecule has 0 aliphatic heterocycles. The lowest BCUT2D eigenvalue weighted by Gasteiger charge is -2.19. The molecular weight excluding hydrogens is 400 g/mol. The number of carbonyl (C=O) groups excluding carboxylic acids is 1. The first-order valence-corrected chi connectivity index (χ1v) is 11.4. The van der Waals surface area contributed by atoms with E-state index in [1.54, 1.807) is 11.3 Å². The quantitative estimate of drug-likeness (QED) is 0.421. The summed E-state index contributed by atoms with van der Waals surface area (Å²) >= 11 is 3.05. The number of nitrogens with two attached hydrogens (primary N) is 1. The highest BCUT2D eigenvalue weighted by atomic mass is 32.1. The number of pyridine rings is 1. The van der Waals surface area contributed by atoms with E-state index in [9.17, 15) is 4.79 Å². The molecule has 5 rings (SSSR count). The van der Waals surface area contributed by atoms with E-state index in [4.69, 9.17) is 15.5 Å². The van der Waals surface area contributed by atoms with Crippen LogP contribution in [-0.4, -0.2) is 11.0 Å². The topological polar surface area (TPSA) is 65.2 Å². The van der Waals surface area contributed by atoms with Crippen molar-refractivity contribution in [3.63, 3.8) is 0 Å². The number of hydrogen-bond acceptors (Lipinski definition) is 6. The number of aromatic nitrogens is 1. The maximum absolute atomic E-state index is 12.8. The van der Waals surface area contributed by atoms with E-state index >= 15 is 0 Å². The minimum Gasteiger partial charge on any atom is -0.457 e. The van der Waals surface area contributed by atoms with Crippen molar-refractivity contribution < 1.29 is 9.53 Å². The highest BCUT2D eigenvalue weighted by molar-refractivity contribution is 7.21. The Balaban J connectivity index is 1.59. The number of fused-ring (bicyclic) bond motifs is 2. The summed E-state index contributed by atoms with van der Waals surface area (Å²) < 4.78 is 5.55. The van der Waals surface area contributed by atoms with Crippen molar-refractivity contribution in [3.8, 4) is 10.4 Å². The molecular formula is C23H20N2O2S2. The van der Waals surface area contributed by atoms with Crippen LogP contribution in [-0.2, 0) is 24.2 Å². The predicted octanol–water partition coefficient (Wildman–Crippen LogP) is 5.84. The van der Waals surface area contributed by atoms with Crippen molar-refractivity contribution in [1.29, 1.82) is 0 Å². The molecule has 0 spiro atoms. The highest BCUT2D eigenvalue weighted by Crippen LogP contribution is 2.45. The number of nitrogen functional groups attached to an aromatic ring is 1. The molecule has 0 radical (unpaired) electrons. The zero-order valence-electron chi connectivity index (χ0n) is 15.8. The number of aryl methyl sites for hydroxylation is 1. The molecule has 29 heavy (non-hydrogen) atoms. The zero-order chi connectivity index (χ0) is 19.8. The summed E-state index contributed by atoms with van der Waals surface area (Å²) in [7, 11) is 0. The Bertz CT molecular complexity index is 1180. The van der Waals surface area contributed by atoms with Gasteiger partial charge in [-0.3, -0.25) is 0 Å². The van der Waals surface area contributed by atoms with Crippen LogP contribution in [0.4, 0.5) is 5.69 Å². The summed E-state index contributed by atoms with van der Waals surface area (Å²) in [5.74, 6) is -0.385. The van der Waals surface area contributed by atoms with Crippen LogP contribution < -0.4 is 5.73 Å². The molecule has 0 fully saturated rings. The van der Waals surface area contributed by atoms with Crippen LogP contribution in [0.1, 0.15) is 39.3 Å². The number of esters is 1. The van der Waals surface area contributed by atoms with Crippen molar-refractivity contribution >= 4 is 44.5 Å². The third-order valence-corrected chi connectivity index (χ3v) is 7.29. The third kappa shape index (κ3) is 3.32. The molecule has 0 atom stereocenters. The van der Waals surface area contributed by atoms with Gasteiger partial charge in [0, 0.05) is 21.5 Å². The molecule has 3 heterocycles. The Morgan fingerprint density at radius 2 is 1.93 bits per heavy atom. The van der Waals surface area contributed by atoms with Gasteiger partial charge in [-0.2, -0.15) is 0 Å². The average molecular weight is 421 g/mol. The Morgan fingerprint density at radius 1 is 1.10 bits per heavy atom. The molecule has 146 valence electrons. The van der Waals surface area contributed by atoms with Crippen LogP contribution in [0.3, 0.4) is 0 Å². The van der Waals surface area contributed by atoms with Crippen LogP contribution in [0.15, 0.2) is 47.8 Å². The minimum atomic E-state index is -0.385. The van der Waals surface area contributed by atoms with E-state index in [-0.39, 0.29) is 12.6 Å². The Labute approximate surface area is 177 Å². The Hall–Kier alpha value is -2.70. The largest absolute Gasteiger partial charge is 0.457 e. The Morgan fingerprint density at radius 3 is 2.72 bits per heavy atom. The molecule has 0 amide bonds. The summed E-state index contributed by atoms with van der Waals surface area (Å²) in [5.41, 5.74) is 11.6. The second-order valence-electron chi connectivity index (χ2n) is 7.18. The first kappa shape index (κ1) is 18.3. The number of carbonyl (C=O) groups is 1. The van der Waals surface area contributed by atoms with Gasteiger partial charge in [0.1, 0.15) is 16.3 Å². The maximum atomic E-state index is 12.8. The van der Waals surface area contributed by atoms with Crippen molar-refractivity contribution in [1.82, 2.24) is 4.98 Å². The van der Waals surface area contributed by atoms with Gasteiger partial charge < -0.3 is 10.5 Å². The fourth-order valence-electron chi connectivity index (χ4n) is 3.94. The molecule has 4 aromatic rings. The van der Waals surface area contributed by atoms with E-state index in [1.807, 2.05) is 30.3 Å². The van der Waals surface area contributed by atoms with E-state index in [0.29, 0.717) is 10.6 Å². The van der Waals surface area contributed by atoms with Gasteiger partial charge in [0.15, 0.2) is 0 Å². The lowest BCUT2D eigenvalue weighted by Crippen LogP contribution is -2.08. The Kier molecular flexibility index (Phi) is 4.81. The summed E-state index contributed by atoms with van der Waals surface area (Å²) in [4.78, 5) is 20.2. The smallest absolute Gasteiger partial charge is 0.350 e. The van der Waals surface area contributed by atoms with Crippen LogP contribution >= 0.6 is 22.7 Å². The van der Waals surface area contributed by atoms with Crippen molar-refractivity contribution in [3.05, 3.63) is 69.5 Å². The number of benzene rings is 1. The summed E-state index contributed by atoms with van der Waals surface area (Å²) in [6.45, 7) is 0.231. The highest BCUT2D eigenvalue weighted by Gasteiger charge is 2.26. The first-order valence-electron chi connectivity index (χ1n) is 9.71. The number of rotatable bonds is 4. The van der Waals surface area contributed by atoms with Gasteiger partial charge >= 0.3 is 5.97 Å². The standard InChI is InChI=1S/C23H20N2O2S2/c24-20-19-18(17-11-6-12-28-17)15-9-4-5-10-16(15)25-22(19)29-21(20)23(26)27-13-14-7-2-1-3-8-14/h1-3,6-8,11-12H,4-5,9-10,13,24H2. The number of hydrogen-bond donors (Lipinski definition) is 1. The van der Waals surface area contributed by atoms with Crippen LogP contribution in [0.25, 0.3) is 20.7 Å². The van der Waals surface area contributed by atoms with E-state index in [1.165, 1.54) is 21.8 Å². The molecule has 6 heteroatoms. The zero-order valence-corrected chi connectivity index (χ0v) is 17.4. The number of nitrogens with zero attached hydrogens (tertiary/aromatic N) is 1. The van der Waals surface area contributed by atoms with Gasteiger partial charge in [-0.25, -0.2) is 9.78 Å². The van der Waals surface area contributed by atoms with Gasteiger partial charge in [0.25, 0.3) is 0 Å². The number of ether oxygens (including phenoxy) is 1. The lowest BCUT2D eigenvalue weighted by molar-refractivity contribution is 0.0480. The molecule has 1 aliphatic carbocycles. The molecule has 0 unspecified atom stereocenters. The fraction of sp³-hybridized carbons (Fsp3) is 0.217. The van der Waals surface area contributed by atoms with E-state index in [2.05, 4.69) is 17.5 Å². The molecule has 0 saturated heterocycles. The molecule has 4 nitrogen and oxygen atoms in total. The van der Waals surface area contributed by atoms with Crippen LogP contribution in [0.2, 0.25) is 0 Å². The van der Waals surface area contributed by atoms with Gasteiger partial charge in [0.05, 0.1) is 5.69 Å². The molecule has 3 aromatic heterocycles. The average Bonchev–Trinajstić information content (AvgIpc) is 3.40. The van der Waals surface area contributed by atoms with Gasteiger partial charge in [-0.1, -0.05) is 36.4 Å². The van der Waals surface area contributed by atoms with Crippen molar-refractivity contribution in [2.75, 3.05) is 5.73 Å². The fourth-order valence-corrected chi connectivity index (χ4v) is 5.76. The van der Waals surface area contributed by atoms with Crippen molar-refractivity contribution in [2.45, 2.75) is 32.3 Å². The normalized spacial score (nSPS) is 13.4. The molecule has 0 saturated carbocycles. The molecule has 1 aliphatic rings. The number of anilines is 1.